The Morgan fingerprint density at radius 2 is 1.55 bits per heavy atom. The number of rotatable bonds is 5. The lowest BCUT2D eigenvalue weighted by molar-refractivity contribution is -0.134. The van der Waals surface area contributed by atoms with Gasteiger partial charge in [-0.1, -0.05) is 41.5 Å². The number of piperidine rings is 1. The normalized spacial score (nSPS) is 35.4. The summed E-state index contributed by atoms with van der Waals surface area (Å²) < 4.78 is 0. The van der Waals surface area contributed by atoms with Crippen LogP contribution in [0.25, 0.3) is 0 Å². The molecule has 1 saturated heterocycles. The number of ketones is 1. The van der Waals surface area contributed by atoms with Gasteiger partial charge >= 0.3 is 0 Å². The van der Waals surface area contributed by atoms with Gasteiger partial charge in [-0.3, -0.25) is 4.79 Å². The molecule has 1 fully saturated rings. The first kappa shape index (κ1) is 17.7. The molecule has 0 spiro atoms. The van der Waals surface area contributed by atoms with E-state index in [1.54, 1.807) is 0 Å². The summed E-state index contributed by atoms with van der Waals surface area (Å²) >= 11 is 0. The van der Waals surface area contributed by atoms with Crippen molar-refractivity contribution in [3.8, 4) is 0 Å². The number of hydrogen-bond donors (Lipinski definition) is 1. The zero-order chi connectivity index (χ0) is 15.7. The van der Waals surface area contributed by atoms with Crippen molar-refractivity contribution in [2.75, 3.05) is 0 Å². The van der Waals surface area contributed by atoms with Crippen LogP contribution in [0.2, 0.25) is 0 Å². The molecule has 0 aliphatic carbocycles. The first-order valence-corrected chi connectivity index (χ1v) is 8.31. The van der Waals surface area contributed by atoms with E-state index in [1.165, 1.54) is 0 Å². The fourth-order valence-electron chi connectivity index (χ4n) is 4.82. The van der Waals surface area contributed by atoms with Crippen molar-refractivity contribution in [1.82, 2.24) is 5.32 Å². The summed E-state index contributed by atoms with van der Waals surface area (Å²) in [6, 6.07) is 0. The van der Waals surface area contributed by atoms with Crippen LogP contribution in [0.3, 0.4) is 0 Å². The highest BCUT2D eigenvalue weighted by atomic mass is 16.1. The van der Waals surface area contributed by atoms with Crippen LogP contribution in [0.5, 0.6) is 0 Å². The lowest BCUT2D eigenvalue weighted by Gasteiger charge is -2.52. The van der Waals surface area contributed by atoms with Gasteiger partial charge in [0, 0.05) is 23.4 Å². The maximum atomic E-state index is 12.8. The standard InChI is InChI=1S/C18H35NO/c1-12(2)9-17(7)11-15(20)16(14(5)6)18(8,19-17)10-13(3)4/h12-14,16,19H,9-11H2,1-8H3. The molecular weight excluding hydrogens is 246 g/mol. The van der Waals surface area contributed by atoms with Gasteiger partial charge in [0.1, 0.15) is 5.78 Å². The highest BCUT2D eigenvalue weighted by Crippen LogP contribution is 2.41. The summed E-state index contributed by atoms with van der Waals surface area (Å²) in [5.41, 5.74) is -0.110. The Morgan fingerprint density at radius 3 is 1.95 bits per heavy atom. The molecule has 118 valence electrons. The van der Waals surface area contributed by atoms with Crippen molar-refractivity contribution in [2.24, 2.45) is 23.7 Å². The lowest BCUT2D eigenvalue weighted by Crippen LogP contribution is -2.67. The molecule has 3 unspecified atom stereocenters. The van der Waals surface area contributed by atoms with E-state index in [9.17, 15) is 4.79 Å². The van der Waals surface area contributed by atoms with Crippen molar-refractivity contribution in [1.29, 1.82) is 0 Å². The van der Waals surface area contributed by atoms with Crippen LogP contribution in [0.1, 0.15) is 74.7 Å². The van der Waals surface area contributed by atoms with Gasteiger partial charge in [0.2, 0.25) is 0 Å². The summed E-state index contributed by atoms with van der Waals surface area (Å²) in [5.74, 6) is 2.22. The van der Waals surface area contributed by atoms with Crippen molar-refractivity contribution in [3.05, 3.63) is 0 Å². The monoisotopic (exact) mass is 281 g/mol. The molecule has 1 N–H and O–H groups in total. The fourth-order valence-corrected chi connectivity index (χ4v) is 4.82. The van der Waals surface area contributed by atoms with E-state index in [-0.39, 0.29) is 17.0 Å². The number of carbonyl (C=O) groups is 1. The second-order valence-electron chi connectivity index (χ2n) is 8.66. The molecule has 0 amide bonds. The van der Waals surface area contributed by atoms with Crippen molar-refractivity contribution < 1.29 is 4.79 Å². The highest BCUT2D eigenvalue weighted by Gasteiger charge is 2.50. The third-order valence-electron chi connectivity index (χ3n) is 4.54. The number of carbonyl (C=O) groups excluding carboxylic acids is 1. The molecule has 2 heteroatoms. The molecule has 1 rings (SSSR count). The van der Waals surface area contributed by atoms with Crippen LogP contribution in [0.4, 0.5) is 0 Å². The molecule has 1 heterocycles. The van der Waals surface area contributed by atoms with Crippen LogP contribution in [-0.2, 0) is 4.79 Å². The van der Waals surface area contributed by atoms with Gasteiger partial charge in [-0.15, -0.1) is 0 Å². The van der Waals surface area contributed by atoms with E-state index >= 15 is 0 Å². The van der Waals surface area contributed by atoms with Crippen molar-refractivity contribution >= 4 is 5.78 Å². The van der Waals surface area contributed by atoms with E-state index in [4.69, 9.17) is 0 Å². The molecule has 0 bridgehead atoms. The Hall–Kier alpha value is -0.370. The largest absolute Gasteiger partial charge is 0.305 e. The van der Waals surface area contributed by atoms with E-state index in [2.05, 4.69) is 60.7 Å². The first-order chi connectivity index (χ1) is 8.99. The van der Waals surface area contributed by atoms with Gasteiger partial charge in [-0.25, -0.2) is 0 Å². The zero-order valence-electron chi connectivity index (χ0n) is 14.8. The summed E-state index contributed by atoms with van der Waals surface area (Å²) in [7, 11) is 0. The van der Waals surface area contributed by atoms with Crippen molar-refractivity contribution in [3.63, 3.8) is 0 Å². The average molecular weight is 281 g/mol. The topological polar surface area (TPSA) is 29.1 Å². The number of nitrogens with one attached hydrogen (secondary N) is 1. The lowest BCUT2D eigenvalue weighted by atomic mass is 9.64. The molecule has 3 atom stereocenters. The maximum Gasteiger partial charge on any atom is 0.139 e. The van der Waals surface area contributed by atoms with Gasteiger partial charge < -0.3 is 5.32 Å². The number of Topliss-reactive ketones (excluding diaryl/α,β-unsaturated/α-hetero) is 1. The third kappa shape index (κ3) is 4.07. The smallest absolute Gasteiger partial charge is 0.139 e. The summed E-state index contributed by atoms with van der Waals surface area (Å²) in [4.78, 5) is 12.8. The van der Waals surface area contributed by atoms with Gasteiger partial charge in [-0.2, -0.15) is 0 Å². The Morgan fingerprint density at radius 1 is 1.05 bits per heavy atom. The van der Waals surface area contributed by atoms with Gasteiger partial charge in [-0.05, 0) is 44.4 Å². The number of hydrogen-bond acceptors (Lipinski definition) is 2. The summed E-state index contributed by atoms with van der Waals surface area (Å²) in [6.07, 6.45) is 2.81. The Labute approximate surface area is 126 Å². The molecule has 1 aliphatic heterocycles. The molecule has 2 nitrogen and oxygen atoms in total. The summed E-state index contributed by atoms with van der Waals surface area (Å²) in [5, 5.41) is 3.91. The van der Waals surface area contributed by atoms with E-state index in [0.717, 1.165) is 12.8 Å². The van der Waals surface area contributed by atoms with Crippen LogP contribution >= 0.6 is 0 Å². The van der Waals surface area contributed by atoms with Gasteiger partial charge in [0.15, 0.2) is 0 Å². The molecular formula is C18H35NO. The van der Waals surface area contributed by atoms with Crippen LogP contribution in [0, 0.1) is 23.7 Å². The summed E-state index contributed by atoms with van der Waals surface area (Å²) in [6.45, 7) is 17.9. The first-order valence-electron chi connectivity index (χ1n) is 8.31. The minimum atomic E-state index is -0.0681. The Bertz CT molecular complexity index is 347. The minimum absolute atomic E-state index is 0.0414. The zero-order valence-corrected chi connectivity index (χ0v) is 14.8. The molecule has 0 aromatic carbocycles. The quantitative estimate of drug-likeness (QED) is 0.807. The van der Waals surface area contributed by atoms with E-state index in [0.29, 0.717) is 30.0 Å². The minimum Gasteiger partial charge on any atom is -0.305 e. The molecule has 20 heavy (non-hydrogen) atoms. The van der Waals surface area contributed by atoms with Crippen LogP contribution in [0.15, 0.2) is 0 Å². The second kappa shape index (κ2) is 6.17. The maximum absolute atomic E-state index is 12.8. The van der Waals surface area contributed by atoms with Crippen molar-refractivity contribution in [2.45, 2.75) is 85.7 Å². The third-order valence-corrected chi connectivity index (χ3v) is 4.54. The Balaban J connectivity index is 3.08. The Kier molecular flexibility index (Phi) is 5.46. The van der Waals surface area contributed by atoms with E-state index < -0.39 is 0 Å². The predicted molar refractivity (Wildman–Crippen MR) is 86.8 cm³/mol. The molecule has 0 aromatic rings. The second-order valence-corrected chi connectivity index (χ2v) is 8.66. The molecule has 0 saturated carbocycles. The highest BCUT2D eigenvalue weighted by molar-refractivity contribution is 5.84. The molecule has 0 radical (unpaired) electrons. The SMILES string of the molecule is CC(C)CC1(C)CC(=O)C(C(C)C)C(C)(CC(C)C)N1. The fraction of sp³-hybridized carbons (Fsp3) is 0.944. The average Bonchev–Trinajstić information content (AvgIpc) is 2.08. The van der Waals surface area contributed by atoms with Crippen LogP contribution in [-0.4, -0.2) is 16.9 Å². The molecule has 0 aromatic heterocycles. The van der Waals surface area contributed by atoms with Gasteiger partial charge in [0.05, 0.1) is 0 Å². The predicted octanol–water partition coefficient (Wildman–Crippen LogP) is 4.43. The van der Waals surface area contributed by atoms with Crippen LogP contribution < -0.4 is 5.32 Å². The van der Waals surface area contributed by atoms with Gasteiger partial charge in [0.25, 0.3) is 0 Å². The molecule has 1 aliphatic rings. The van der Waals surface area contributed by atoms with E-state index in [1.807, 2.05) is 0 Å².